The summed E-state index contributed by atoms with van der Waals surface area (Å²) < 4.78 is 13.4. The minimum Gasteiger partial charge on any atom is -0.457 e. The number of hydrogen-bond donors (Lipinski definition) is 1. The molecular formula is C41H34N2O2. The molecule has 2 aliphatic rings. The summed E-state index contributed by atoms with van der Waals surface area (Å²) in [6.45, 7) is 1.23. The van der Waals surface area contributed by atoms with Crippen LogP contribution in [0, 0.1) is 0 Å². The van der Waals surface area contributed by atoms with E-state index < -0.39 is 11.1 Å². The summed E-state index contributed by atoms with van der Waals surface area (Å²) in [5, 5.41) is 0. The quantitative estimate of drug-likeness (QED) is 0.203. The van der Waals surface area contributed by atoms with Crippen molar-refractivity contribution in [2.24, 2.45) is 5.73 Å². The third kappa shape index (κ3) is 4.00. The Kier molecular flexibility index (Phi) is 6.75. The number of ether oxygens (including phenoxy) is 2. The van der Waals surface area contributed by atoms with Gasteiger partial charge in [0.2, 0.25) is 0 Å². The maximum atomic E-state index is 6.70. The fourth-order valence-corrected chi connectivity index (χ4v) is 7.66. The molecule has 8 rings (SSSR count). The molecule has 45 heavy (non-hydrogen) atoms. The lowest BCUT2D eigenvalue weighted by molar-refractivity contribution is 0.0521. The zero-order chi connectivity index (χ0) is 30.3. The third-order valence-corrected chi connectivity index (χ3v) is 9.33. The zero-order valence-corrected chi connectivity index (χ0v) is 25.0. The van der Waals surface area contributed by atoms with E-state index in [4.69, 9.17) is 15.2 Å². The van der Waals surface area contributed by atoms with E-state index in [1.807, 2.05) is 0 Å². The molecule has 0 aliphatic carbocycles. The Bertz CT molecular complexity index is 1740. The van der Waals surface area contributed by atoms with Crippen LogP contribution in [0.2, 0.25) is 0 Å². The van der Waals surface area contributed by atoms with Gasteiger partial charge in [0.25, 0.3) is 0 Å². The number of nitrogens with two attached hydrogens (primary N) is 1. The largest absolute Gasteiger partial charge is 0.457 e. The SMILES string of the molecule is NCCCN(C1(c2ccccc2)c2ccccc2Oc2ccccc21)C1(c2ccccc2)c2ccccc2Oc2ccccc21. The highest BCUT2D eigenvalue weighted by atomic mass is 16.5. The van der Waals surface area contributed by atoms with Gasteiger partial charge >= 0.3 is 0 Å². The molecule has 220 valence electrons. The molecule has 2 N–H and O–H groups in total. The summed E-state index contributed by atoms with van der Waals surface area (Å²) in [6, 6.07) is 55.7. The predicted molar refractivity (Wildman–Crippen MR) is 179 cm³/mol. The normalized spacial score (nSPS) is 15.1. The number of fused-ring (bicyclic) bond motifs is 4. The molecule has 6 aromatic carbocycles. The molecule has 4 heteroatoms. The van der Waals surface area contributed by atoms with Crippen LogP contribution in [0.15, 0.2) is 158 Å². The Labute approximate surface area is 264 Å². The molecule has 0 radical (unpaired) electrons. The summed E-state index contributed by atoms with van der Waals surface area (Å²) >= 11 is 0. The minimum atomic E-state index is -0.782. The van der Waals surface area contributed by atoms with Crippen molar-refractivity contribution in [3.8, 4) is 23.0 Å². The van der Waals surface area contributed by atoms with Crippen molar-refractivity contribution < 1.29 is 9.47 Å². The van der Waals surface area contributed by atoms with Gasteiger partial charge < -0.3 is 15.2 Å². The fourth-order valence-electron chi connectivity index (χ4n) is 7.66. The van der Waals surface area contributed by atoms with Gasteiger partial charge in [-0.25, -0.2) is 0 Å². The maximum absolute atomic E-state index is 6.70. The summed E-state index contributed by atoms with van der Waals surface area (Å²) in [5.41, 5.74) is 11.5. The maximum Gasteiger partial charge on any atom is 0.133 e. The topological polar surface area (TPSA) is 47.7 Å². The second-order valence-electron chi connectivity index (χ2n) is 11.6. The van der Waals surface area contributed by atoms with Gasteiger partial charge in [0.1, 0.15) is 34.1 Å². The van der Waals surface area contributed by atoms with Gasteiger partial charge in [-0.15, -0.1) is 0 Å². The van der Waals surface area contributed by atoms with Gasteiger partial charge in [0.05, 0.1) is 0 Å². The molecule has 6 aromatic rings. The average molecular weight is 587 g/mol. The van der Waals surface area contributed by atoms with Crippen LogP contribution < -0.4 is 15.2 Å². The molecule has 0 bridgehead atoms. The lowest BCUT2D eigenvalue weighted by Gasteiger charge is -2.58. The lowest BCUT2D eigenvalue weighted by Crippen LogP contribution is -2.61. The van der Waals surface area contributed by atoms with Crippen molar-refractivity contribution >= 4 is 0 Å². The van der Waals surface area contributed by atoms with Crippen LogP contribution in [0.4, 0.5) is 0 Å². The molecule has 4 nitrogen and oxygen atoms in total. The predicted octanol–water partition coefficient (Wildman–Crippen LogP) is 8.83. The van der Waals surface area contributed by atoms with Crippen molar-refractivity contribution in [1.82, 2.24) is 4.90 Å². The molecule has 0 spiro atoms. The first-order valence-electron chi connectivity index (χ1n) is 15.6. The number of benzene rings is 6. The molecule has 0 saturated carbocycles. The average Bonchev–Trinajstić information content (AvgIpc) is 3.11. The van der Waals surface area contributed by atoms with Crippen LogP contribution in [-0.2, 0) is 11.1 Å². The van der Waals surface area contributed by atoms with Crippen LogP contribution in [-0.4, -0.2) is 18.0 Å². The van der Waals surface area contributed by atoms with E-state index in [2.05, 4.69) is 163 Å². The van der Waals surface area contributed by atoms with E-state index >= 15 is 0 Å². The molecule has 0 amide bonds. The first-order valence-corrected chi connectivity index (χ1v) is 15.6. The Morgan fingerprint density at radius 2 is 0.733 bits per heavy atom. The first-order chi connectivity index (χ1) is 22.3. The molecule has 0 fully saturated rings. The Hall–Kier alpha value is -5.16. The zero-order valence-electron chi connectivity index (χ0n) is 25.0. The molecule has 0 unspecified atom stereocenters. The second-order valence-corrected chi connectivity index (χ2v) is 11.6. The van der Waals surface area contributed by atoms with Gasteiger partial charge in [0, 0.05) is 28.8 Å². The van der Waals surface area contributed by atoms with Crippen LogP contribution in [0.5, 0.6) is 23.0 Å². The lowest BCUT2D eigenvalue weighted by atomic mass is 9.66. The van der Waals surface area contributed by atoms with Gasteiger partial charge in [-0.3, -0.25) is 4.90 Å². The highest BCUT2D eigenvalue weighted by molar-refractivity contribution is 5.68. The number of nitrogens with zero attached hydrogens (tertiary/aromatic N) is 1. The van der Waals surface area contributed by atoms with Crippen LogP contribution in [0.3, 0.4) is 0 Å². The van der Waals surface area contributed by atoms with E-state index in [9.17, 15) is 0 Å². The van der Waals surface area contributed by atoms with E-state index in [1.165, 1.54) is 0 Å². The smallest absolute Gasteiger partial charge is 0.133 e. The molecule has 2 heterocycles. The molecular weight excluding hydrogens is 552 g/mol. The first kappa shape index (κ1) is 27.4. The van der Waals surface area contributed by atoms with Gasteiger partial charge in [-0.05, 0) is 48.4 Å². The standard InChI is InChI=1S/C41H34N2O2/c42-28-15-29-43(40(30-16-3-1-4-17-30)32-20-7-11-24-36(32)44-37-25-12-8-21-33(37)40)41(31-18-5-2-6-19-31)34-22-9-13-26-38(34)45-39-27-14-10-23-35(39)41/h1-14,16-27H,15,28-29,42H2. The van der Waals surface area contributed by atoms with Crippen molar-refractivity contribution in [3.63, 3.8) is 0 Å². The third-order valence-electron chi connectivity index (χ3n) is 9.33. The van der Waals surface area contributed by atoms with Crippen molar-refractivity contribution in [1.29, 1.82) is 0 Å². The molecule has 0 aromatic heterocycles. The van der Waals surface area contributed by atoms with E-state index in [0.29, 0.717) is 13.1 Å². The van der Waals surface area contributed by atoms with Crippen LogP contribution in [0.25, 0.3) is 0 Å². The number of hydrogen-bond acceptors (Lipinski definition) is 4. The molecule has 2 aliphatic heterocycles. The summed E-state index contributed by atoms with van der Waals surface area (Å²) in [5.74, 6) is 3.37. The summed E-state index contributed by atoms with van der Waals surface area (Å²) in [6.07, 6.45) is 0.777. The number of para-hydroxylation sites is 4. The minimum absolute atomic E-state index is 0.547. The molecule has 0 saturated heterocycles. The van der Waals surface area contributed by atoms with Crippen molar-refractivity contribution in [2.75, 3.05) is 13.1 Å². The second kappa shape index (κ2) is 11.1. The van der Waals surface area contributed by atoms with Gasteiger partial charge in [-0.2, -0.15) is 0 Å². The number of rotatable bonds is 7. The monoisotopic (exact) mass is 586 g/mol. The highest BCUT2D eigenvalue weighted by Crippen LogP contribution is 2.62. The Balaban J connectivity index is 1.61. The van der Waals surface area contributed by atoms with Crippen molar-refractivity contribution in [2.45, 2.75) is 17.5 Å². The van der Waals surface area contributed by atoms with Crippen molar-refractivity contribution in [3.05, 3.63) is 191 Å². The highest BCUT2D eigenvalue weighted by Gasteiger charge is 2.59. The molecule has 0 atom stereocenters. The Morgan fingerprint density at radius 1 is 0.422 bits per heavy atom. The van der Waals surface area contributed by atoms with Gasteiger partial charge in [0.15, 0.2) is 0 Å². The van der Waals surface area contributed by atoms with E-state index in [0.717, 1.165) is 62.8 Å². The van der Waals surface area contributed by atoms with E-state index in [1.54, 1.807) is 0 Å². The fraction of sp³-hybridized carbons (Fsp3) is 0.122. The summed E-state index contributed by atoms with van der Waals surface area (Å²) in [4.78, 5) is 2.69. The van der Waals surface area contributed by atoms with Crippen LogP contribution in [0.1, 0.15) is 39.8 Å². The summed E-state index contributed by atoms with van der Waals surface area (Å²) in [7, 11) is 0. The van der Waals surface area contributed by atoms with Crippen LogP contribution >= 0.6 is 0 Å². The van der Waals surface area contributed by atoms with Gasteiger partial charge in [-0.1, -0.05) is 133 Å². The van der Waals surface area contributed by atoms with E-state index in [-0.39, 0.29) is 0 Å². The Morgan fingerprint density at radius 3 is 1.07 bits per heavy atom.